The molecule has 0 amide bonds. The predicted molar refractivity (Wildman–Crippen MR) is 151 cm³/mol. The number of esters is 1. The summed E-state index contributed by atoms with van der Waals surface area (Å²) >= 11 is 0. The number of hydrogen-bond donors (Lipinski definition) is 4. The molecule has 1 fully saturated rings. The lowest BCUT2D eigenvalue weighted by molar-refractivity contribution is -0.151. The topological polar surface area (TPSA) is 194 Å². The van der Waals surface area contributed by atoms with Crippen molar-refractivity contribution in [2.24, 2.45) is 11.7 Å². The van der Waals surface area contributed by atoms with Gasteiger partial charge in [-0.25, -0.2) is 8.96 Å². The van der Waals surface area contributed by atoms with Crippen LogP contribution < -0.4 is 21.6 Å². The van der Waals surface area contributed by atoms with Gasteiger partial charge in [0, 0.05) is 6.20 Å². The Kier molecular flexibility index (Phi) is 9.10. The van der Waals surface area contributed by atoms with Crippen LogP contribution in [-0.4, -0.2) is 62.2 Å². The normalized spacial score (nSPS) is 24.1. The molecule has 1 aliphatic heterocycles. The quantitative estimate of drug-likeness (QED) is 0.150. The van der Waals surface area contributed by atoms with Crippen LogP contribution in [0.15, 0.2) is 41.3 Å². The van der Waals surface area contributed by atoms with Gasteiger partial charge in [0.1, 0.15) is 23.3 Å². The number of nitrogen functional groups attached to an aromatic ring is 1. The molecule has 4 rings (SSSR count). The standard InChI is InChI=1S/C27H33FN5O8P/c1-5-11-27(30)21(34)19(40-25(27)33-12-18(28)20-22(33)31-26(29)32-23(20)35)13-38-42(37,41-17-9-7-6-8-10-17)14-16(4)24(36)39-15(2)3/h6-10,12,15-16,19,21,25,34H,13-14,30H2,1-4H3,(H3,29,31,32,35)/t16-,19-,21+,25-,27?,42+/m1/s1. The Morgan fingerprint density at radius 2 is 2.02 bits per heavy atom. The molecule has 1 saturated heterocycles. The zero-order valence-corrected chi connectivity index (χ0v) is 24.3. The summed E-state index contributed by atoms with van der Waals surface area (Å²) < 4.78 is 52.7. The van der Waals surface area contributed by atoms with E-state index in [0.29, 0.717) is 0 Å². The van der Waals surface area contributed by atoms with Crippen LogP contribution in [0, 0.1) is 23.6 Å². The molecule has 0 aliphatic carbocycles. The van der Waals surface area contributed by atoms with Crippen LogP contribution in [0.1, 0.15) is 33.9 Å². The summed E-state index contributed by atoms with van der Waals surface area (Å²) in [5.74, 6) is 2.89. The fraction of sp³-hybridized carbons (Fsp3) is 0.444. The number of carbonyl (C=O) groups excluding carboxylic acids is 1. The summed E-state index contributed by atoms with van der Waals surface area (Å²) in [6.07, 6.45) is -3.97. The molecule has 3 aromatic rings. The second kappa shape index (κ2) is 12.2. The third-order valence-electron chi connectivity index (χ3n) is 6.48. The molecule has 6 N–H and O–H groups in total. The van der Waals surface area contributed by atoms with Gasteiger partial charge in [0.2, 0.25) is 5.95 Å². The lowest BCUT2D eigenvalue weighted by Gasteiger charge is -2.28. The van der Waals surface area contributed by atoms with E-state index in [1.165, 1.54) is 13.8 Å². The Morgan fingerprint density at radius 3 is 2.67 bits per heavy atom. The highest BCUT2D eigenvalue weighted by Crippen LogP contribution is 2.51. The van der Waals surface area contributed by atoms with Gasteiger partial charge in [-0.05, 0) is 32.9 Å². The van der Waals surface area contributed by atoms with Crippen molar-refractivity contribution in [3.8, 4) is 17.6 Å². The molecule has 13 nitrogen and oxygen atoms in total. The number of aromatic nitrogens is 3. The smallest absolute Gasteiger partial charge is 0.380 e. The van der Waals surface area contributed by atoms with E-state index in [-0.39, 0.29) is 29.6 Å². The number of fused-ring (bicyclic) bond motifs is 1. The van der Waals surface area contributed by atoms with Crippen molar-refractivity contribution in [3.05, 3.63) is 52.7 Å². The third kappa shape index (κ3) is 6.35. The Hall–Kier alpha value is -3.73. The molecular formula is C27H33FN5O8P. The summed E-state index contributed by atoms with van der Waals surface area (Å²) in [6.45, 7) is 5.87. The van der Waals surface area contributed by atoms with Gasteiger partial charge in [0.05, 0.1) is 24.8 Å². The molecule has 0 bridgehead atoms. The SMILES string of the molecule is CC#CC1(N)[C@@H](O)[C@@H](CO[P@@](=O)(C[C@@H](C)C(=O)OC(C)C)Oc2ccccc2)O[C@H]1n1cc(F)c2c(=O)[nH]c(N)nc21. The van der Waals surface area contributed by atoms with Crippen LogP contribution in [0.3, 0.4) is 0 Å². The van der Waals surface area contributed by atoms with Crippen LogP contribution in [0.5, 0.6) is 5.75 Å². The molecule has 42 heavy (non-hydrogen) atoms. The van der Waals surface area contributed by atoms with Crippen molar-refractivity contribution in [1.29, 1.82) is 0 Å². The predicted octanol–water partition coefficient (Wildman–Crippen LogP) is 2.30. The number of nitrogens with two attached hydrogens (primary N) is 2. The molecule has 2 aromatic heterocycles. The van der Waals surface area contributed by atoms with Crippen LogP contribution in [-0.2, 0) is 23.4 Å². The van der Waals surface area contributed by atoms with Gasteiger partial charge in [0.25, 0.3) is 5.56 Å². The number of benzene rings is 1. The molecule has 6 atom stereocenters. The Bertz CT molecular complexity index is 1620. The van der Waals surface area contributed by atoms with Gasteiger partial charge in [0.15, 0.2) is 23.2 Å². The van der Waals surface area contributed by atoms with E-state index in [4.69, 9.17) is 30.0 Å². The molecule has 1 aliphatic rings. The third-order valence-corrected chi connectivity index (χ3v) is 8.50. The fourth-order valence-electron chi connectivity index (χ4n) is 4.60. The van der Waals surface area contributed by atoms with Crippen molar-refractivity contribution in [1.82, 2.24) is 14.5 Å². The van der Waals surface area contributed by atoms with Crippen LogP contribution >= 0.6 is 7.60 Å². The minimum Gasteiger partial charge on any atom is -0.463 e. The monoisotopic (exact) mass is 605 g/mol. The first-order chi connectivity index (χ1) is 19.8. The van der Waals surface area contributed by atoms with Crippen molar-refractivity contribution in [2.75, 3.05) is 18.5 Å². The summed E-state index contributed by atoms with van der Waals surface area (Å²) in [4.78, 5) is 31.1. The van der Waals surface area contributed by atoms with Gasteiger partial charge >= 0.3 is 13.6 Å². The molecule has 0 saturated carbocycles. The van der Waals surface area contributed by atoms with Gasteiger partial charge < -0.3 is 30.6 Å². The first kappa shape index (κ1) is 31.2. The average Bonchev–Trinajstić information content (AvgIpc) is 3.36. The second-order valence-electron chi connectivity index (χ2n) is 10.2. The number of carbonyl (C=O) groups is 1. The summed E-state index contributed by atoms with van der Waals surface area (Å²) in [7, 11) is -4.08. The van der Waals surface area contributed by atoms with E-state index in [0.717, 1.165) is 10.8 Å². The molecule has 15 heteroatoms. The number of H-pyrrole nitrogens is 1. The second-order valence-corrected chi connectivity index (χ2v) is 12.2. The number of ether oxygens (including phenoxy) is 2. The fourth-order valence-corrected chi connectivity index (χ4v) is 6.46. The highest BCUT2D eigenvalue weighted by molar-refractivity contribution is 7.54. The lowest BCUT2D eigenvalue weighted by atomic mass is 9.91. The summed E-state index contributed by atoms with van der Waals surface area (Å²) in [5, 5.41) is 10.9. The first-order valence-electron chi connectivity index (χ1n) is 13.1. The molecule has 3 heterocycles. The minimum absolute atomic E-state index is 0.184. The Balaban J connectivity index is 1.64. The molecule has 0 spiro atoms. The van der Waals surface area contributed by atoms with E-state index >= 15 is 0 Å². The minimum atomic E-state index is -4.08. The number of aromatic amines is 1. The number of nitrogens with one attached hydrogen (secondary N) is 1. The number of para-hydroxylation sites is 1. The molecule has 0 radical (unpaired) electrons. The Morgan fingerprint density at radius 1 is 1.33 bits per heavy atom. The number of aliphatic hydroxyl groups is 1. The van der Waals surface area contributed by atoms with E-state index < -0.39 is 66.8 Å². The highest BCUT2D eigenvalue weighted by atomic mass is 31.2. The maximum Gasteiger partial charge on any atom is 0.380 e. The molecule has 226 valence electrons. The van der Waals surface area contributed by atoms with Gasteiger partial charge in [-0.15, -0.1) is 5.92 Å². The maximum atomic E-state index is 14.8. The van der Waals surface area contributed by atoms with Crippen molar-refractivity contribution >= 4 is 30.5 Å². The van der Waals surface area contributed by atoms with Crippen LogP contribution in [0.4, 0.5) is 10.3 Å². The van der Waals surface area contributed by atoms with Crippen molar-refractivity contribution in [3.63, 3.8) is 0 Å². The zero-order valence-electron chi connectivity index (χ0n) is 23.4. The zero-order chi connectivity index (χ0) is 30.8. The van der Waals surface area contributed by atoms with E-state index in [2.05, 4.69) is 21.8 Å². The Labute approximate surface area is 240 Å². The van der Waals surface area contributed by atoms with E-state index in [1.807, 2.05) is 0 Å². The number of anilines is 1. The average molecular weight is 606 g/mol. The maximum absolute atomic E-state index is 14.8. The molecular weight excluding hydrogens is 572 g/mol. The molecule has 1 unspecified atom stereocenters. The van der Waals surface area contributed by atoms with E-state index in [9.17, 15) is 23.7 Å². The van der Waals surface area contributed by atoms with Crippen LogP contribution in [0.2, 0.25) is 0 Å². The summed E-state index contributed by atoms with van der Waals surface area (Å²) in [6, 6.07) is 8.21. The van der Waals surface area contributed by atoms with Gasteiger partial charge in [-0.3, -0.25) is 23.7 Å². The number of rotatable bonds is 10. The lowest BCUT2D eigenvalue weighted by Crippen LogP contribution is -2.53. The van der Waals surface area contributed by atoms with Crippen LogP contribution in [0.25, 0.3) is 11.0 Å². The van der Waals surface area contributed by atoms with E-state index in [1.54, 1.807) is 44.2 Å². The number of halogens is 1. The van der Waals surface area contributed by atoms with Crippen molar-refractivity contribution < 1.29 is 37.4 Å². The highest BCUT2D eigenvalue weighted by Gasteiger charge is 2.55. The van der Waals surface area contributed by atoms with Gasteiger partial charge in [-0.2, -0.15) is 4.98 Å². The number of nitrogens with zero attached hydrogens (tertiary/aromatic N) is 2. The first-order valence-corrected chi connectivity index (χ1v) is 14.8. The van der Waals surface area contributed by atoms with Crippen molar-refractivity contribution in [2.45, 2.75) is 57.8 Å². The summed E-state index contributed by atoms with van der Waals surface area (Å²) in [5.41, 5.74) is 9.36. The largest absolute Gasteiger partial charge is 0.463 e. The number of hydrogen-bond acceptors (Lipinski definition) is 11. The molecule has 1 aromatic carbocycles. The van der Waals surface area contributed by atoms with Gasteiger partial charge in [-0.1, -0.05) is 31.0 Å². The number of aliphatic hydroxyl groups excluding tert-OH is 1.